The molecule has 1 aliphatic carbocycles. The van der Waals surface area contributed by atoms with Crippen LogP contribution in [0.4, 0.5) is 5.82 Å². The third-order valence-electron chi connectivity index (χ3n) is 4.27. The maximum absolute atomic E-state index is 6.02. The van der Waals surface area contributed by atoms with Crippen LogP contribution in [0.3, 0.4) is 0 Å². The number of fused-ring (bicyclic) bond motifs is 1. The van der Waals surface area contributed by atoms with Gasteiger partial charge in [-0.1, -0.05) is 19.8 Å². The van der Waals surface area contributed by atoms with Crippen LogP contribution in [0, 0.1) is 12.8 Å². The van der Waals surface area contributed by atoms with Gasteiger partial charge in [-0.15, -0.1) is 0 Å². The van der Waals surface area contributed by atoms with E-state index in [0.717, 1.165) is 30.2 Å². The molecule has 2 unspecified atom stereocenters. The van der Waals surface area contributed by atoms with Gasteiger partial charge >= 0.3 is 0 Å². The Morgan fingerprint density at radius 2 is 2.24 bits per heavy atom. The number of nitrogens with one attached hydrogen (secondary N) is 1. The molecular formula is C16H24N4O. The minimum Gasteiger partial charge on any atom is -0.376 e. The summed E-state index contributed by atoms with van der Waals surface area (Å²) in [6.07, 6.45) is 9.23. The number of hydrogen-bond acceptors (Lipinski definition) is 4. The summed E-state index contributed by atoms with van der Waals surface area (Å²) in [5, 5.41) is 7.75. The van der Waals surface area contributed by atoms with Gasteiger partial charge in [0.25, 0.3) is 0 Å². The molecule has 3 rings (SSSR count). The summed E-state index contributed by atoms with van der Waals surface area (Å²) >= 11 is 0. The standard InChI is InChI=1S/C16H24N4O/c1-12-5-3-4-6-15(12)21-10-8-18-16-14-11-13(2)19-20(14)9-7-17-16/h7,9,11-12,15H,3-6,8,10H2,1-2H3,(H,17,18). The molecule has 5 nitrogen and oxygen atoms in total. The summed E-state index contributed by atoms with van der Waals surface area (Å²) in [6.45, 7) is 5.80. The van der Waals surface area contributed by atoms with Crippen molar-refractivity contribution < 1.29 is 4.74 Å². The van der Waals surface area contributed by atoms with Gasteiger partial charge in [-0.25, -0.2) is 9.50 Å². The van der Waals surface area contributed by atoms with E-state index in [-0.39, 0.29) is 0 Å². The minimum atomic E-state index is 0.432. The first-order chi connectivity index (χ1) is 10.2. The summed E-state index contributed by atoms with van der Waals surface area (Å²) in [4.78, 5) is 4.39. The fourth-order valence-corrected chi connectivity index (χ4v) is 3.09. The van der Waals surface area contributed by atoms with E-state index in [1.165, 1.54) is 25.7 Å². The average Bonchev–Trinajstić information content (AvgIpc) is 2.86. The molecule has 2 aromatic rings. The van der Waals surface area contributed by atoms with Crippen molar-refractivity contribution in [2.24, 2.45) is 5.92 Å². The average molecular weight is 288 g/mol. The Labute approximate surface area is 125 Å². The van der Waals surface area contributed by atoms with Crippen molar-refractivity contribution in [2.45, 2.75) is 45.6 Å². The first kappa shape index (κ1) is 14.3. The lowest BCUT2D eigenvalue weighted by atomic mass is 9.88. The van der Waals surface area contributed by atoms with Crippen LogP contribution in [0.2, 0.25) is 0 Å². The van der Waals surface area contributed by atoms with Crippen LogP contribution in [0.1, 0.15) is 38.3 Å². The normalized spacial score (nSPS) is 22.6. The summed E-state index contributed by atoms with van der Waals surface area (Å²) < 4.78 is 7.88. The summed E-state index contributed by atoms with van der Waals surface area (Å²) in [5.74, 6) is 1.57. The minimum absolute atomic E-state index is 0.432. The second-order valence-corrected chi connectivity index (χ2v) is 5.99. The highest BCUT2D eigenvalue weighted by Crippen LogP contribution is 2.26. The van der Waals surface area contributed by atoms with Crippen LogP contribution >= 0.6 is 0 Å². The molecule has 1 fully saturated rings. The monoisotopic (exact) mass is 288 g/mol. The zero-order valence-corrected chi connectivity index (χ0v) is 12.9. The molecule has 0 saturated heterocycles. The van der Waals surface area contributed by atoms with Gasteiger partial charge in [-0.2, -0.15) is 5.10 Å². The molecule has 0 aromatic carbocycles. The van der Waals surface area contributed by atoms with Gasteiger partial charge in [0, 0.05) is 18.9 Å². The zero-order chi connectivity index (χ0) is 14.7. The van der Waals surface area contributed by atoms with Crippen molar-refractivity contribution >= 4 is 11.3 Å². The van der Waals surface area contributed by atoms with Gasteiger partial charge in [0.2, 0.25) is 0 Å². The van der Waals surface area contributed by atoms with Crippen molar-refractivity contribution in [3.63, 3.8) is 0 Å². The molecule has 0 amide bonds. The number of nitrogens with zero attached hydrogens (tertiary/aromatic N) is 3. The molecule has 1 aliphatic rings. The number of aryl methyl sites for hydroxylation is 1. The van der Waals surface area contributed by atoms with E-state index < -0.39 is 0 Å². The van der Waals surface area contributed by atoms with E-state index in [4.69, 9.17) is 4.74 Å². The molecular weight excluding hydrogens is 264 g/mol. The van der Waals surface area contributed by atoms with Crippen LogP contribution < -0.4 is 5.32 Å². The lowest BCUT2D eigenvalue weighted by Gasteiger charge is -2.28. The molecule has 0 aliphatic heterocycles. The lowest BCUT2D eigenvalue weighted by molar-refractivity contribution is 0.000379. The van der Waals surface area contributed by atoms with E-state index >= 15 is 0 Å². The third-order valence-corrected chi connectivity index (χ3v) is 4.27. The molecule has 1 saturated carbocycles. The Hall–Kier alpha value is -1.62. The number of hydrogen-bond donors (Lipinski definition) is 1. The molecule has 1 N–H and O–H groups in total. The smallest absolute Gasteiger partial charge is 0.152 e. The molecule has 2 heterocycles. The maximum atomic E-state index is 6.02. The van der Waals surface area contributed by atoms with E-state index in [1.807, 2.05) is 23.7 Å². The van der Waals surface area contributed by atoms with Gasteiger partial charge in [0.15, 0.2) is 5.82 Å². The predicted octanol–water partition coefficient (Wildman–Crippen LogP) is 3.04. The summed E-state index contributed by atoms with van der Waals surface area (Å²) in [5.41, 5.74) is 2.01. The Morgan fingerprint density at radius 3 is 3.10 bits per heavy atom. The molecule has 0 radical (unpaired) electrons. The third kappa shape index (κ3) is 3.35. The van der Waals surface area contributed by atoms with Gasteiger partial charge in [0.1, 0.15) is 5.52 Å². The van der Waals surface area contributed by atoms with Crippen LogP contribution in [-0.2, 0) is 4.74 Å². The first-order valence-electron chi connectivity index (χ1n) is 7.90. The number of anilines is 1. The molecule has 5 heteroatoms. The molecule has 0 spiro atoms. The molecule has 2 atom stereocenters. The topological polar surface area (TPSA) is 51.5 Å². The van der Waals surface area contributed by atoms with Crippen molar-refractivity contribution in [3.8, 4) is 0 Å². The fraction of sp³-hybridized carbons (Fsp3) is 0.625. The second kappa shape index (κ2) is 6.43. The summed E-state index contributed by atoms with van der Waals surface area (Å²) in [6, 6.07) is 2.04. The van der Waals surface area contributed by atoms with E-state index in [2.05, 4.69) is 22.3 Å². The Morgan fingerprint density at radius 1 is 1.38 bits per heavy atom. The highest BCUT2D eigenvalue weighted by molar-refractivity contribution is 5.67. The van der Waals surface area contributed by atoms with Gasteiger partial charge in [-0.05, 0) is 31.7 Å². The van der Waals surface area contributed by atoms with Crippen molar-refractivity contribution in [3.05, 3.63) is 24.2 Å². The zero-order valence-electron chi connectivity index (χ0n) is 12.9. The fourth-order valence-electron chi connectivity index (χ4n) is 3.09. The molecule has 21 heavy (non-hydrogen) atoms. The van der Waals surface area contributed by atoms with Crippen LogP contribution in [0.15, 0.2) is 18.5 Å². The van der Waals surface area contributed by atoms with E-state index in [1.54, 1.807) is 6.20 Å². The Bertz CT molecular complexity index is 595. The van der Waals surface area contributed by atoms with Gasteiger partial charge in [0.05, 0.1) is 18.4 Å². The summed E-state index contributed by atoms with van der Waals surface area (Å²) in [7, 11) is 0. The molecule has 2 aromatic heterocycles. The van der Waals surface area contributed by atoms with E-state index in [9.17, 15) is 0 Å². The Balaban J connectivity index is 1.52. The maximum Gasteiger partial charge on any atom is 0.152 e. The molecule has 0 bridgehead atoms. The quantitative estimate of drug-likeness (QED) is 0.859. The van der Waals surface area contributed by atoms with Crippen molar-refractivity contribution in [1.82, 2.24) is 14.6 Å². The number of ether oxygens (including phenoxy) is 1. The first-order valence-corrected chi connectivity index (χ1v) is 7.90. The van der Waals surface area contributed by atoms with Crippen LogP contribution in [0.25, 0.3) is 5.52 Å². The number of rotatable bonds is 5. The van der Waals surface area contributed by atoms with E-state index in [0.29, 0.717) is 12.0 Å². The SMILES string of the molecule is Cc1cc2c(NCCOC3CCCCC3C)nccn2n1. The highest BCUT2D eigenvalue weighted by atomic mass is 16.5. The lowest BCUT2D eigenvalue weighted by Crippen LogP contribution is -2.27. The highest BCUT2D eigenvalue weighted by Gasteiger charge is 2.21. The Kier molecular flexibility index (Phi) is 4.39. The van der Waals surface area contributed by atoms with Crippen LogP contribution in [0.5, 0.6) is 0 Å². The number of aromatic nitrogens is 3. The van der Waals surface area contributed by atoms with Crippen LogP contribution in [-0.4, -0.2) is 33.9 Å². The second-order valence-electron chi connectivity index (χ2n) is 5.99. The molecule has 114 valence electrons. The van der Waals surface area contributed by atoms with Gasteiger partial charge in [-0.3, -0.25) is 0 Å². The van der Waals surface area contributed by atoms with Crippen molar-refractivity contribution in [2.75, 3.05) is 18.5 Å². The van der Waals surface area contributed by atoms with Gasteiger partial charge < -0.3 is 10.1 Å². The largest absolute Gasteiger partial charge is 0.376 e. The predicted molar refractivity (Wildman–Crippen MR) is 83.6 cm³/mol. The van der Waals surface area contributed by atoms with Crippen molar-refractivity contribution in [1.29, 1.82) is 0 Å².